The number of carbonyl (C=O) groups excluding carboxylic acids is 2. The minimum Gasteiger partial charge on any atom is -0.339 e. The summed E-state index contributed by atoms with van der Waals surface area (Å²) >= 11 is 6.08. The van der Waals surface area contributed by atoms with Crippen LogP contribution < -0.4 is 5.32 Å². The molecule has 2 aromatic carbocycles. The van der Waals surface area contributed by atoms with Crippen LogP contribution in [0.5, 0.6) is 0 Å². The van der Waals surface area contributed by atoms with Crippen molar-refractivity contribution in [2.24, 2.45) is 5.92 Å². The van der Waals surface area contributed by atoms with Crippen molar-refractivity contribution in [2.75, 3.05) is 18.4 Å². The predicted octanol–water partition coefficient (Wildman–Crippen LogP) is 4.46. The van der Waals surface area contributed by atoms with E-state index in [-0.39, 0.29) is 11.8 Å². The lowest BCUT2D eigenvalue weighted by atomic mass is 9.98. The predicted molar refractivity (Wildman–Crippen MR) is 100 cm³/mol. The first kappa shape index (κ1) is 17.5. The highest BCUT2D eigenvalue weighted by molar-refractivity contribution is 6.33. The van der Waals surface area contributed by atoms with E-state index in [2.05, 4.69) is 12.2 Å². The average molecular weight is 357 g/mol. The summed E-state index contributed by atoms with van der Waals surface area (Å²) in [5, 5.41) is 3.26. The number of piperidine rings is 1. The molecular weight excluding hydrogens is 336 g/mol. The van der Waals surface area contributed by atoms with Crippen molar-refractivity contribution >= 4 is 29.1 Å². The Balaban J connectivity index is 1.73. The number of likely N-dealkylation sites (tertiary alicyclic amines) is 1. The van der Waals surface area contributed by atoms with E-state index in [9.17, 15) is 9.59 Å². The van der Waals surface area contributed by atoms with Crippen LogP contribution in [-0.2, 0) is 0 Å². The minimum absolute atomic E-state index is 0.0145. The van der Waals surface area contributed by atoms with Gasteiger partial charge in [-0.2, -0.15) is 0 Å². The van der Waals surface area contributed by atoms with Crippen molar-refractivity contribution in [3.05, 3.63) is 64.7 Å². The summed E-state index contributed by atoms with van der Waals surface area (Å²) in [5.41, 5.74) is 1.54. The van der Waals surface area contributed by atoms with Crippen LogP contribution in [0, 0.1) is 5.92 Å². The Labute approximate surface area is 152 Å². The Hall–Kier alpha value is -2.33. The van der Waals surface area contributed by atoms with Crippen LogP contribution in [0.25, 0.3) is 0 Å². The van der Waals surface area contributed by atoms with Gasteiger partial charge in [0.1, 0.15) is 0 Å². The number of hydrogen-bond acceptors (Lipinski definition) is 2. The molecule has 0 radical (unpaired) electrons. The van der Waals surface area contributed by atoms with E-state index < -0.39 is 0 Å². The smallest absolute Gasteiger partial charge is 0.255 e. The molecule has 1 aliphatic rings. The number of amides is 2. The second-order valence-corrected chi connectivity index (χ2v) is 6.90. The largest absolute Gasteiger partial charge is 0.339 e. The molecule has 0 saturated carbocycles. The lowest BCUT2D eigenvalue weighted by Gasteiger charge is -2.30. The van der Waals surface area contributed by atoms with Crippen molar-refractivity contribution in [1.29, 1.82) is 0 Å². The lowest BCUT2D eigenvalue weighted by molar-refractivity contribution is 0.0697. The molecule has 1 saturated heterocycles. The molecule has 2 aromatic rings. The number of benzene rings is 2. The number of halogens is 1. The highest BCUT2D eigenvalue weighted by Crippen LogP contribution is 2.22. The first-order valence-corrected chi connectivity index (χ1v) is 8.87. The van der Waals surface area contributed by atoms with Gasteiger partial charge in [-0.15, -0.1) is 0 Å². The Morgan fingerprint density at radius 1 is 1.04 bits per heavy atom. The zero-order valence-electron chi connectivity index (χ0n) is 14.2. The first-order valence-electron chi connectivity index (χ1n) is 8.50. The number of rotatable bonds is 3. The van der Waals surface area contributed by atoms with Crippen LogP contribution in [0.3, 0.4) is 0 Å². The average Bonchev–Trinajstić information content (AvgIpc) is 2.64. The van der Waals surface area contributed by atoms with Gasteiger partial charge < -0.3 is 10.2 Å². The van der Waals surface area contributed by atoms with Gasteiger partial charge in [-0.1, -0.05) is 36.7 Å². The Bertz CT molecular complexity index is 783. The number of carbonyl (C=O) groups is 2. The van der Waals surface area contributed by atoms with E-state index >= 15 is 0 Å². The third-order valence-electron chi connectivity index (χ3n) is 4.56. The molecule has 130 valence electrons. The van der Waals surface area contributed by atoms with E-state index in [1.807, 2.05) is 4.90 Å². The molecule has 2 amide bonds. The second kappa shape index (κ2) is 7.70. The van der Waals surface area contributed by atoms with Crippen LogP contribution in [0.1, 0.15) is 40.5 Å². The lowest BCUT2D eigenvalue weighted by Crippen LogP contribution is -2.38. The molecule has 0 bridgehead atoms. The van der Waals surface area contributed by atoms with Crippen LogP contribution >= 0.6 is 11.6 Å². The summed E-state index contributed by atoms with van der Waals surface area (Å²) in [7, 11) is 0. The Morgan fingerprint density at radius 2 is 1.72 bits per heavy atom. The highest BCUT2D eigenvalue weighted by Gasteiger charge is 2.22. The first-order chi connectivity index (χ1) is 12.0. The van der Waals surface area contributed by atoms with Gasteiger partial charge in [-0.05, 0) is 49.1 Å². The molecule has 1 N–H and O–H groups in total. The fraction of sp³-hybridized carbons (Fsp3) is 0.300. The molecule has 25 heavy (non-hydrogen) atoms. The number of para-hydroxylation sites is 1. The number of hydrogen-bond donors (Lipinski definition) is 1. The van der Waals surface area contributed by atoms with E-state index in [4.69, 9.17) is 11.6 Å². The van der Waals surface area contributed by atoms with Gasteiger partial charge in [0.2, 0.25) is 0 Å². The summed E-state index contributed by atoms with van der Waals surface area (Å²) in [6.45, 7) is 3.76. The van der Waals surface area contributed by atoms with Gasteiger partial charge in [0, 0.05) is 24.2 Å². The molecule has 3 rings (SSSR count). The third kappa shape index (κ3) is 4.20. The number of anilines is 1. The normalized spacial score (nSPS) is 15.0. The van der Waals surface area contributed by atoms with E-state index in [1.54, 1.807) is 48.5 Å². The summed E-state index contributed by atoms with van der Waals surface area (Å²) in [5.74, 6) is 0.367. The fourth-order valence-electron chi connectivity index (χ4n) is 2.94. The van der Waals surface area contributed by atoms with E-state index in [0.29, 0.717) is 27.8 Å². The molecule has 0 unspecified atom stereocenters. The molecule has 4 nitrogen and oxygen atoms in total. The van der Waals surface area contributed by atoms with Crippen molar-refractivity contribution in [1.82, 2.24) is 4.90 Å². The van der Waals surface area contributed by atoms with Gasteiger partial charge in [0.25, 0.3) is 11.8 Å². The quantitative estimate of drug-likeness (QED) is 0.882. The third-order valence-corrected chi connectivity index (χ3v) is 4.89. The zero-order chi connectivity index (χ0) is 17.8. The Kier molecular flexibility index (Phi) is 5.39. The van der Waals surface area contributed by atoms with Gasteiger partial charge in [0.05, 0.1) is 10.7 Å². The topological polar surface area (TPSA) is 49.4 Å². The van der Waals surface area contributed by atoms with Crippen molar-refractivity contribution in [2.45, 2.75) is 19.8 Å². The molecule has 1 fully saturated rings. The molecule has 1 heterocycles. The highest BCUT2D eigenvalue weighted by atomic mass is 35.5. The van der Waals surface area contributed by atoms with Crippen LogP contribution in [0.15, 0.2) is 48.5 Å². The minimum atomic E-state index is -0.282. The van der Waals surface area contributed by atoms with Crippen LogP contribution in [-0.4, -0.2) is 29.8 Å². The van der Waals surface area contributed by atoms with Crippen molar-refractivity contribution in [3.8, 4) is 0 Å². The second-order valence-electron chi connectivity index (χ2n) is 6.49. The molecule has 0 spiro atoms. The van der Waals surface area contributed by atoms with Gasteiger partial charge in [-0.25, -0.2) is 0 Å². The van der Waals surface area contributed by atoms with Crippen LogP contribution in [0.4, 0.5) is 5.69 Å². The number of nitrogens with one attached hydrogen (secondary N) is 1. The van der Waals surface area contributed by atoms with Gasteiger partial charge >= 0.3 is 0 Å². The number of nitrogens with zero attached hydrogens (tertiary/aromatic N) is 1. The molecular formula is C20H21ClN2O2. The standard InChI is InChI=1S/C20H21ClN2O2/c1-14-9-11-23(12-10-14)20(25)16-6-4-5-15(13-16)19(24)22-18-8-3-2-7-17(18)21/h2-8,13-14H,9-12H2,1H3,(H,22,24). The molecule has 0 aliphatic carbocycles. The molecule has 0 aromatic heterocycles. The van der Waals surface area contributed by atoms with E-state index in [1.165, 1.54) is 0 Å². The molecule has 1 aliphatic heterocycles. The van der Waals surface area contributed by atoms with Crippen LogP contribution in [0.2, 0.25) is 5.02 Å². The maximum Gasteiger partial charge on any atom is 0.255 e. The molecule has 5 heteroatoms. The summed E-state index contributed by atoms with van der Waals surface area (Å²) in [6, 6.07) is 13.9. The molecule has 0 atom stereocenters. The SMILES string of the molecule is CC1CCN(C(=O)c2cccc(C(=O)Nc3ccccc3Cl)c2)CC1. The summed E-state index contributed by atoms with van der Waals surface area (Å²) in [6.07, 6.45) is 2.05. The maximum absolute atomic E-state index is 12.7. The summed E-state index contributed by atoms with van der Waals surface area (Å²) in [4.78, 5) is 27.0. The van der Waals surface area contributed by atoms with Crippen molar-refractivity contribution < 1.29 is 9.59 Å². The zero-order valence-corrected chi connectivity index (χ0v) is 14.9. The van der Waals surface area contributed by atoms with Gasteiger partial charge in [0.15, 0.2) is 0 Å². The van der Waals surface area contributed by atoms with E-state index in [0.717, 1.165) is 25.9 Å². The maximum atomic E-state index is 12.7. The Morgan fingerprint density at radius 3 is 2.44 bits per heavy atom. The van der Waals surface area contributed by atoms with Crippen molar-refractivity contribution in [3.63, 3.8) is 0 Å². The summed E-state index contributed by atoms with van der Waals surface area (Å²) < 4.78 is 0. The van der Waals surface area contributed by atoms with Gasteiger partial charge in [-0.3, -0.25) is 9.59 Å². The fourth-order valence-corrected chi connectivity index (χ4v) is 3.13. The monoisotopic (exact) mass is 356 g/mol.